The second kappa shape index (κ2) is 7.62. The first-order valence-corrected chi connectivity index (χ1v) is 8.10. The lowest BCUT2D eigenvalue weighted by Gasteiger charge is -2.24. The third-order valence-corrected chi connectivity index (χ3v) is 4.55. The third kappa shape index (κ3) is 4.32. The summed E-state index contributed by atoms with van der Waals surface area (Å²) >= 11 is 3.65. The van der Waals surface area contributed by atoms with Crippen LogP contribution in [0.25, 0.3) is 0 Å². The molecule has 0 aliphatic heterocycles. The van der Waals surface area contributed by atoms with Crippen LogP contribution in [-0.2, 0) is 0 Å². The van der Waals surface area contributed by atoms with Gasteiger partial charge in [0.1, 0.15) is 0 Å². The number of nitrogens with one attached hydrogen (secondary N) is 1. The van der Waals surface area contributed by atoms with Crippen LogP contribution in [0.5, 0.6) is 0 Å². The molecule has 0 spiro atoms. The largest absolute Gasteiger partial charge is 0.375 e. The molecular weight excluding hydrogens is 324 g/mol. The second-order valence-corrected chi connectivity index (χ2v) is 6.27. The molecule has 0 saturated carbocycles. The standard InChI is InChI=1S/C18H23BrN2/c1-14-7-6-8-15(13-14)21(3)12-11-18(20-2)16-9-4-5-10-17(16)19/h4-10,13,18,20H,11-12H2,1-3H3. The van der Waals surface area contributed by atoms with Crippen LogP contribution in [0.3, 0.4) is 0 Å². The van der Waals surface area contributed by atoms with Crippen molar-refractivity contribution in [3.05, 3.63) is 64.1 Å². The highest BCUT2D eigenvalue weighted by atomic mass is 79.9. The molecule has 2 aromatic carbocycles. The molecule has 112 valence electrons. The van der Waals surface area contributed by atoms with Crippen LogP contribution in [0.2, 0.25) is 0 Å². The zero-order valence-electron chi connectivity index (χ0n) is 12.9. The maximum atomic E-state index is 3.65. The summed E-state index contributed by atoms with van der Waals surface area (Å²) in [6.45, 7) is 3.14. The monoisotopic (exact) mass is 346 g/mol. The van der Waals surface area contributed by atoms with Gasteiger partial charge in [-0.1, -0.05) is 46.3 Å². The van der Waals surface area contributed by atoms with E-state index in [0.29, 0.717) is 6.04 Å². The Hall–Kier alpha value is -1.32. The van der Waals surface area contributed by atoms with Crippen LogP contribution < -0.4 is 10.2 Å². The molecule has 1 atom stereocenters. The van der Waals surface area contributed by atoms with Gasteiger partial charge in [0, 0.05) is 29.8 Å². The highest BCUT2D eigenvalue weighted by Crippen LogP contribution is 2.26. The van der Waals surface area contributed by atoms with Crippen LogP contribution in [0, 0.1) is 6.92 Å². The average Bonchev–Trinajstić information content (AvgIpc) is 2.49. The fraction of sp³-hybridized carbons (Fsp3) is 0.333. The van der Waals surface area contributed by atoms with E-state index >= 15 is 0 Å². The van der Waals surface area contributed by atoms with Crippen molar-refractivity contribution in [1.82, 2.24) is 5.32 Å². The molecule has 0 fully saturated rings. The van der Waals surface area contributed by atoms with Gasteiger partial charge < -0.3 is 10.2 Å². The van der Waals surface area contributed by atoms with Crippen molar-refractivity contribution in [2.75, 3.05) is 25.5 Å². The minimum Gasteiger partial charge on any atom is -0.375 e. The number of nitrogens with zero attached hydrogens (tertiary/aromatic N) is 1. The van der Waals surface area contributed by atoms with Crippen molar-refractivity contribution in [3.8, 4) is 0 Å². The molecule has 0 aliphatic carbocycles. The molecule has 0 aliphatic rings. The first kappa shape index (κ1) is 16.1. The Kier molecular flexibility index (Phi) is 5.83. The maximum absolute atomic E-state index is 3.65. The molecule has 3 heteroatoms. The second-order valence-electron chi connectivity index (χ2n) is 5.41. The van der Waals surface area contributed by atoms with E-state index in [1.54, 1.807) is 0 Å². The summed E-state index contributed by atoms with van der Waals surface area (Å²) < 4.78 is 1.17. The molecule has 0 radical (unpaired) electrons. The number of hydrogen-bond donors (Lipinski definition) is 1. The first-order valence-electron chi connectivity index (χ1n) is 7.31. The van der Waals surface area contributed by atoms with E-state index in [0.717, 1.165) is 13.0 Å². The molecule has 2 aromatic rings. The zero-order chi connectivity index (χ0) is 15.2. The lowest BCUT2D eigenvalue weighted by molar-refractivity contribution is 0.547. The summed E-state index contributed by atoms with van der Waals surface area (Å²) in [5.74, 6) is 0. The SMILES string of the molecule is CNC(CCN(C)c1cccc(C)c1)c1ccccc1Br. The smallest absolute Gasteiger partial charge is 0.0366 e. The molecule has 0 bridgehead atoms. The fourth-order valence-electron chi connectivity index (χ4n) is 2.53. The molecule has 2 rings (SSSR count). The average molecular weight is 347 g/mol. The Bertz CT molecular complexity index is 583. The van der Waals surface area contributed by atoms with Gasteiger partial charge in [0.15, 0.2) is 0 Å². The van der Waals surface area contributed by atoms with Crippen LogP contribution in [0.4, 0.5) is 5.69 Å². The lowest BCUT2D eigenvalue weighted by atomic mass is 10.0. The van der Waals surface area contributed by atoms with Crippen LogP contribution in [0.15, 0.2) is 53.0 Å². The molecule has 0 aromatic heterocycles. The lowest BCUT2D eigenvalue weighted by Crippen LogP contribution is -2.25. The summed E-state index contributed by atoms with van der Waals surface area (Å²) in [4.78, 5) is 2.31. The molecule has 0 heterocycles. The van der Waals surface area contributed by atoms with Crippen LogP contribution in [-0.4, -0.2) is 20.6 Å². The third-order valence-electron chi connectivity index (χ3n) is 3.82. The van der Waals surface area contributed by atoms with Crippen molar-refractivity contribution in [1.29, 1.82) is 0 Å². The van der Waals surface area contributed by atoms with Crippen molar-refractivity contribution in [2.24, 2.45) is 0 Å². The predicted molar refractivity (Wildman–Crippen MR) is 95.0 cm³/mol. The van der Waals surface area contributed by atoms with E-state index < -0.39 is 0 Å². The Morgan fingerprint density at radius 2 is 1.90 bits per heavy atom. The summed E-state index contributed by atoms with van der Waals surface area (Å²) in [6.07, 6.45) is 1.06. The van der Waals surface area contributed by atoms with Gasteiger partial charge in [-0.25, -0.2) is 0 Å². The molecule has 1 N–H and O–H groups in total. The molecule has 21 heavy (non-hydrogen) atoms. The van der Waals surface area contributed by atoms with Crippen LogP contribution in [0.1, 0.15) is 23.6 Å². The summed E-state index contributed by atoms with van der Waals surface area (Å²) in [5.41, 5.74) is 3.89. The molecule has 1 unspecified atom stereocenters. The van der Waals surface area contributed by atoms with Crippen molar-refractivity contribution in [2.45, 2.75) is 19.4 Å². The number of rotatable bonds is 6. The minimum atomic E-state index is 0.354. The van der Waals surface area contributed by atoms with E-state index in [2.05, 4.69) is 88.6 Å². The summed E-state index contributed by atoms with van der Waals surface area (Å²) in [5, 5.41) is 3.42. The normalized spacial score (nSPS) is 12.2. The van der Waals surface area contributed by atoms with Crippen molar-refractivity contribution < 1.29 is 0 Å². The van der Waals surface area contributed by atoms with Gasteiger partial charge in [-0.3, -0.25) is 0 Å². The van der Waals surface area contributed by atoms with Gasteiger partial charge in [-0.15, -0.1) is 0 Å². The van der Waals surface area contributed by atoms with Gasteiger partial charge in [-0.05, 0) is 49.7 Å². The quantitative estimate of drug-likeness (QED) is 0.825. The van der Waals surface area contributed by atoms with Crippen LogP contribution >= 0.6 is 15.9 Å². The maximum Gasteiger partial charge on any atom is 0.0366 e. The Balaban J connectivity index is 2.02. The highest BCUT2D eigenvalue weighted by Gasteiger charge is 2.13. The zero-order valence-corrected chi connectivity index (χ0v) is 14.5. The Morgan fingerprint density at radius 1 is 1.14 bits per heavy atom. The number of anilines is 1. The van der Waals surface area contributed by atoms with E-state index in [9.17, 15) is 0 Å². The minimum absolute atomic E-state index is 0.354. The summed E-state index contributed by atoms with van der Waals surface area (Å²) in [6, 6.07) is 17.4. The van der Waals surface area contributed by atoms with Gasteiger partial charge in [0.2, 0.25) is 0 Å². The van der Waals surface area contributed by atoms with Gasteiger partial charge in [0.05, 0.1) is 0 Å². The molecular formula is C18H23BrN2. The topological polar surface area (TPSA) is 15.3 Å². The van der Waals surface area contributed by atoms with Gasteiger partial charge in [-0.2, -0.15) is 0 Å². The molecule has 0 saturated heterocycles. The number of halogens is 1. The Labute approximate surface area is 136 Å². The van der Waals surface area contributed by atoms with Gasteiger partial charge in [0.25, 0.3) is 0 Å². The number of hydrogen-bond acceptors (Lipinski definition) is 2. The van der Waals surface area contributed by atoms with E-state index in [1.807, 2.05) is 7.05 Å². The van der Waals surface area contributed by atoms with Crippen molar-refractivity contribution in [3.63, 3.8) is 0 Å². The van der Waals surface area contributed by atoms with Gasteiger partial charge >= 0.3 is 0 Å². The van der Waals surface area contributed by atoms with E-state index in [4.69, 9.17) is 0 Å². The van der Waals surface area contributed by atoms with E-state index in [-0.39, 0.29) is 0 Å². The summed E-state index contributed by atoms with van der Waals surface area (Å²) in [7, 11) is 4.18. The number of aryl methyl sites for hydroxylation is 1. The fourth-order valence-corrected chi connectivity index (χ4v) is 3.09. The van der Waals surface area contributed by atoms with Crippen molar-refractivity contribution >= 4 is 21.6 Å². The molecule has 2 nitrogen and oxygen atoms in total. The van der Waals surface area contributed by atoms with E-state index in [1.165, 1.54) is 21.3 Å². The Morgan fingerprint density at radius 3 is 2.57 bits per heavy atom. The predicted octanol–water partition coefficient (Wildman–Crippen LogP) is 4.54. The highest BCUT2D eigenvalue weighted by molar-refractivity contribution is 9.10. The number of benzene rings is 2. The molecule has 0 amide bonds. The first-order chi connectivity index (χ1) is 10.1.